The summed E-state index contributed by atoms with van der Waals surface area (Å²) in [6.07, 6.45) is 5.07. The maximum absolute atomic E-state index is 12.5. The van der Waals surface area contributed by atoms with Gasteiger partial charge in [-0.05, 0) is 25.0 Å². The Morgan fingerprint density at radius 1 is 1.33 bits per heavy atom. The maximum atomic E-state index is 12.5. The summed E-state index contributed by atoms with van der Waals surface area (Å²) in [6, 6.07) is 2.26. The van der Waals surface area contributed by atoms with Gasteiger partial charge >= 0.3 is 5.97 Å². The summed E-state index contributed by atoms with van der Waals surface area (Å²) in [7, 11) is -2.05. The van der Waals surface area contributed by atoms with E-state index < -0.39 is 16.0 Å². The Hall–Kier alpha value is -1.98. The quantitative estimate of drug-likeness (QED) is 0.511. The second-order valence-corrected chi connectivity index (χ2v) is 10.1. The predicted octanol–water partition coefficient (Wildman–Crippen LogP) is 3.65. The van der Waals surface area contributed by atoms with Crippen molar-refractivity contribution in [2.75, 3.05) is 0 Å². The molecule has 1 saturated carbocycles. The minimum atomic E-state index is -3.86. The molecular formula is C18H16Cl2N4O4S2. The average Bonchev–Trinajstić information content (AvgIpc) is 3.16. The number of sulfonamides is 1. The van der Waals surface area contributed by atoms with Crippen LogP contribution in [0.25, 0.3) is 10.6 Å². The van der Waals surface area contributed by atoms with Gasteiger partial charge in [0, 0.05) is 30.2 Å². The van der Waals surface area contributed by atoms with Gasteiger partial charge in [-0.25, -0.2) is 22.9 Å². The highest BCUT2D eigenvalue weighted by Gasteiger charge is 2.30. The van der Waals surface area contributed by atoms with Gasteiger partial charge in [-0.1, -0.05) is 23.2 Å². The lowest BCUT2D eigenvalue weighted by molar-refractivity contribution is 0.0468. The number of hydrogen-bond donors (Lipinski definition) is 1. The van der Waals surface area contributed by atoms with Crippen LogP contribution in [0, 0.1) is 0 Å². The Morgan fingerprint density at radius 2 is 2.10 bits per heavy atom. The van der Waals surface area contributed by atoms with Crippen LogP contribution in [0.5, 0.6) is 0 Å². The van der Waals surface area contributed by atoms with Gasteiger partial charge in [0.25, 0.3) is 0 Å². The third kappa shape index (κ3) is 4.68. The monoisotopic (exact) mass is 486 g/mol. The van der Waals surface area contributed by atoms with Crippen molar-refractivity contribution in [2.24, 2.45) is 7.05 Å². The Kier molecular flexibility index (Phi) is 5.86. The van der Waals surface area contributed by atoms with Crippen molar-refractivity contribution in [1.29, 1.82) is 0 Å². The highest BCUT2D eigenvalue weighted by molar-refractivity contribution is 7.89. The van der Waals surface area contributed by atoms with Crippen LogP contribution >= 0.6 is 34.5 Å². The molecule has 4 rings (SSSR count). The van der Waals surface area contributed by atoms with Crippen LogP contribution in [-0.4, -0.2) is 35.2 Å². The molecule has 0 atom stereocenters. The van der Waals surface area contributed by atoms with Gasteiger partial charge in [0.05, 0.1) is 27.5 Å². The molecule has 1 fully saturated rings. The van der Waals surface area contributed by atoms with Crippen molar-refractivity contribution in [2.45, 2.75) is 30.4 Å². The molecule has 1 N–H and O–H groups in total. The number of ether oxygens (including phenoxy) is 1. The molecule has 3 aromatic rings. The summed E-state index contributed by atoms with van der Waals surface area (Å²) >= 11 is 13.6. The number of nitrogens with zero attached hydrogens (tertiary/aromatic N) is 3. The van der Waals surface area contributed by atoms with Gasteiger partial charge in [0.15, 0.2) is 0 Å². The first-order valence-corrected chi connectivity index (χ1v) is 12.0. The van der Waals surface area contributed by atoms with Crippen LogP contribution < -0.4 is 4.72 Å². The van der Waals surface area contributed by atoms with Crippen LogP contribution in [0.15, 0.2) is 34.8 Å². The summed E-state index contributed by atoms with van der Waals surface area (Å²) in [5, 5.41) is 6.56. The minimum Gasteiger partial charge on any atom is -0.456 e. The minimum absolute atomic E-state index is 0.00435. The van der Waals surface area contributed by atoms with Crippen molar-refractivity contribution >= 4 is 50.5 Å². The number of carbonyl (C=O) groups is 1. The molecule has 0 spiro atoms. The molecule has 0 bridgehead atoms. The van der Waals surface area contributed by atoms with Crippen LogP contribution in [0.3, 0.4) is 0 Å². The lowest BCUT2D eigenvalue weighted by Gasteiger charge is -2.11. The highest BCUT2D eigenvalue weighted by Crippen LogP contribution is 2.31. The van der Waals surface area contributed by atoms with E-state index in [1.54, 1.807) is 16.3 Å². The summed E-state index contributed by atoms with van der Waals surface area (Å²) in [5.74, 6) is -0.768. The summed E-state index contributed by atoms with van der Waals surface area (Å²) in [5.41, 5.74) is 1.33. The van der Waals surface area contributed by atoms with Crippen LogP contribution in [-0.2, 0) is 28.4 Å². The lowest BCUT2D eigenvalue weighted by Crippen LogP contribution is -2.26. The van der Waals surface area contributed by atoms with Crippen LogP contribution in [0.1, 0.15) is 28.9 Å². The normalized spacial score (nSPS) is 14.1. The van der Waals surface area contributed by atoms with Gasteiger partial charge in [-0.2, -0.15) is 5.10 Å². The van der Waals surface area contributed by atoms with E-state index in [0.717, 1.165) is 29.5 Å². The molecule has 0 unspecified atom stereocenters. The van der Waals surface area contributed by atoms with Crippen molar-refractivity contribution < 1.29 is 17.9 Å². The molecule has 2 aromatic heterocycles. The molecule has 0 radical (unpaired) electrons. The topological polar surface area (TPSA) is 103 Å². The Bertz CT molecular complexity index is 1220. The number of rotatable bonds is 7. The van der Waals surface area contributed by atoms with Crippen LogP contribution in [0.2, 0.25) is 10.0 Å². The number of esters is 1. The molecule has 0 saturated heterocycles. The molecule has 2 heterocycles. The van der Waals surface area contributed by atoms with Crippen molar-refractivity contribution in [3.8, 4) is 10.6 Å². The molecule has 0 amide bonds. The first kappa shape index (κ1) is 21.3. The fourth-order valence-corrected chi connectivity index (χ4v) is 5.57. The number of carbonyl (C=O) groups excluding carboxylic acids is 1. The van der Waals surface area contributed by atoms with E-state index >= 15 is 0 Å². The number of aromatic nitrogens is 3. The van der Waals surface area contributed by atoms with Gasteiger partial charge in [-0.3, -0.25) is 4.68 Å². The zero-order chi connectivity index (χ0) is 21.5. The van der Waals surface area contributed by atoms with E-state index in [9.17, 15) is 13.2 Å². The molecule has 30 heavy (non-hydrogen) atoms. The first-order chi connectivity index (χ1) is 14.2. The summed E-state index contributed by atoms with van der Waals surface area (Å²) in [6.45, 7) is -0.0864. The fourth-order valence-electron chi connectivity index (χ4n) is 2.63. The SMILES string of the molecule is Cn1cc(-c2nc(COC(=O)c3cc(S(=O)(=O)NC4CC4)c(Cl)cc3Cl)cs2)cn1. The van der Waals surface area contributed by atoms with Gasteiger partial charge in [0.1, 0.15) is 16.5 Å². The number of halogens is 2. The van der Waals surface area contributed by atoms with E-state index in [0.29, 0.717) is 5.69 Å². The smallest absolute Gasteiger partial charge is 0.340 e. The number of aryl methyl sites for hydroxylation is 1. The molecular weight excluding hydrogens is 471 g/mol. The summed E-state index contributed by atoms with van der Waals surface area (Å²) < 4.78 is 34.5. The Balaban J connectivity index is 1.49. The first-order valence-electron chi connectivity index (χ1n) is 8.85. The Morgan fingerprint density at radius 3 is 2.77 bits per heavy atom. The number of benzene rings is 1. The molecule has 1 aliphatic rings. The molecule has 0 aliphatic heterocycles. The maximum Gasteiger partial charge on any atom is 0.340 e. The third-order valence-electron chi connectivity index (χ3n) is 4.28. The predicted molar refractivity (Wildman–Crippen MR) is 113 cm³/mol. The average molecular weight is 487 g/mol. The molecule has 1 aliphatic carbocycles. The van der Waals surface area contributed by atoms with E-state index in [4.69, 9.17) is 27.9 Å². The summed E-state index contributed by atoms with van der Waals surface area (Å²) in [4.78, 5) is 16.8. The van der Waals surface area contributed by atoms with Gasteiger partial charge in [-0.15, -0.1) is 11.3 Å². The van der Waals surface area contributed by atoms with Gasteiger partial charge < -0.3 is 4.74 Å². The van der Waals surface area contributed by atoms with Gasteiger partial charge in [0.2, 0.25) is 10.0 Å². The number of nitrogens with one attached hydrogen (secondary N) is 1. The van der Waals surface area contributed by atoms with Crippen molar-refractivity contribution in [1.82, 2.24) is 19.5 Å². The van der Waals surface area contributed by atoms with E-state index in [-0.39, 0.29) is 33.2 Å². The molecule has 12 heteroatoms. The number of hydrogen-bond acceptors (Lipinski definition) is 7. The largest absolute Gasteiger partial charge is 0.456 e. The second-order valence-electron chi connectivity index (χ2n) is 6.78. The molecule has 158 valence electrons. The molecule has 8 nitrogen and oxygen atoms in total. The van der Waals surface area contributed by atoms with E-state index in [1.807, 2.05) is 13.2 Å². The Labute approximate surface area is 186 Å². The van der Waals surface area contributed by atoms with Crippen molar-refractivity contribution in [3.05, 3.63) is 51.2 Å². The molecule has 1 aromatic carbocycles. The van der Waals surface area contributed by atoms with Crippen molar-refractivity contribution in [3.63, 3.8) is 0 Å². The van der Waals surface area contributed by atoms with E-state index in [2.05, 4.69) is 14.8 Å². The highest BCUT2D eigenvalue weighted by atomic mass is 35.5. The number of thiazole rings is 1. The third-order valence-corrected chi connectivity index (χ3v) is 7.52. The zero-order valence-electron chi connectivity index (χ0n) is 15.6. The van der Waals surface area contributed by atoms with Crippen LogP contribution in [0.4, 0.5) is 0 Å². The van der Waals surface area contributed by atoms with E-state index in [1.165, 1.54) is 17.4 Å². The zero-order valence-corrected chi connectivity index (χ0v) is 18.8. The standard InChI is InChI=1S/C18H16Cl2N4O4S2/c1-24-7-10(6-21-24)17-22-12(9-29-17)8-28-18(25)13-4-16(15(20)5-14(13)19)30(26,27)23-11-2-3-11/h4-7,9,11,23H,2-3,8H2,1H3. The lowest BCUT2D eigenvalue weighted by atomic mass is 10.2. The second kappa shape index (κ2) is 8.27. The fraction of sp³-hybridized carbons (Fsp3) is 0.278.